The molecule has 46 heavy (non-hydrogen) atoms. The standard InChI is InChI=1S/C39H38N6O/c1-25-14-15-40-38(20-25)45-34-11-9-8-10-32(34)33-13-12-30(22-35(33)45)46-31-17-26(2)16-29(21-31)44-24-28(23-41-44)39-36(42(4)5)18-27(3)19-37(39)43(6)7/h8-24H,1-7H3. The number of hydrogen-bond acceptors (Lipinski definition) is 5. The van der Waals surface area contributed by atoms with E-state index in [2.05, 4.69) is 136 Å². The van der Waals surface area contributed by atoms with E-state index in [4.69, 9.17) is 14.8 Å². The van der Waals surface area contributed by atoms with E-state index in [0.29, 0.717) is 0 Å². The first-order valence-corrected chi connectivity index (χ1v) is 15.5. The number of rotatable bonds is 7. The number of pyridine rings is 1. The van der Waals surface area contributed by atoms with Gasteiger partial charge in [0.1, 0.15) is 17.3 Å². The van der Waals surface area contributed by atoms with Crippen LogP contribution in [0.3, 0.4) is 0 Å². The predicted octanol–water partition coefficient (Wildman–Crippen LogP) is 8.88. The van der Waals surface area contributed by atoms with Gasteiger partial charge < -0.3 is 14.5 Å². The SMILES string of the molecule is Cc1cc(Oc2ccc3c4ccccc4n(-c4cc(C)ccn4)c3c2)cc(-n2cc(-c3c(N(C)C)cc(C)cc3N(C)C)cn2)c1. The van der Waals surface area contributed by atoms with Crippen molar-refractivity contribution >= 4 is 33.2 Å². The van der Waals surface area contributed by atoms with Crippen LogP contribution in [0.5, 0.6) is 11.5 Å². The summed E-state index contributed by atoms with van der Waals surface area (Å²) in [6.07, 6.45) is 5.91. The summed E-state index contributed by atoms with van der Waals surface area (Å²) in [4.78, 5) is 9.04. The molecular weight excluding hydrogens is 568 g/mol. The summed E-state index contributed by atoms with van der Waals surface area (Å²) in [5, 5.41) is 7.15. The zero-order chi connectivity index (χ0) is 32.1. The Bertz CT molecular complexity index is 2210. The minimum Gasteiger partial charge on any atom is -0.457 e. The van der Waals surface area contributed by atoms with Crippen LogP contribution in [-0.4, -0.2) is 47.5 Å². The summed E-state index contributed by atoms with van der Waals surface area (Å²) in [6.45, 7) is 6.31. The Morgan fingerprint density at radius 1 is 0.652 bits per heavy atom. The van der Waals surface area contributed by atoms with E-state index in [0.717, 1.165) is 73.1 Å². The molecule has 0 radical (unpaired) electrons. The van der Waals surface area contributed by atoms with Crippen LogP contribution in [0.2, 0.25) is 0 Å². The van der Waals surface area contributed by atoms with Gasteiger partial charge in [0.25, 0.3) is 0 Å². The van der Waals surface area contributed by atoms with Crippen molar-refractivity contribution < 1.29 is 4.74 Å². The molecule has 4 aromatic carbocycles. The van der Waals surface area contributed by atoms with Gasteiger partial charge in [-0.05, 0) is 92.1 Å². The lowest BCUT2D eigenvalue weighted by atomic mass is 10.0. The molecule has 0 spiro atoms. The lowest BCUT2D eigenvalue weighted by Gasteiger charge is -2.24. The summed E-state index contributed by atoms with van der Waals surface area (Å²) < 4.78 is 10.7. The molecule has 7 aromatic rings. The van der Waals surface area contributed by atoms with Gasteiger partial charge in [0.05, 0.1) is 22.9 Å². The van der Waals surface area contributed by atoms with E-state index in [1.54, 1.807) is 0 Å². The van der Waals surface area contributed by atoms with Gasteiger partial charge in [0.15, 0.2) is 0 Å². The third kappa shape index (κ3) is 5.24. The van der Waals surface area contributed by atoms with Crippen molar-refractivity contribution in [1.82, 2.24) is 19.3 Å². The highest BCUT2D eigenvalue weighted by atomic mass is 16.5. The number of hydrogen-bond donors (Lipinski definition) is 0. The zero-order valence-corrected chi connectivity index (χ0v) is 27.4. The van der Waals surface area contributed by atoms with Crippen LogP contribution in [0.15, 0.2) is 104 Å². The van der Waals surface area contributed by atoms with Crippen molar-refractivity contribution in [2.24, 2.45) is 0 Å². The Morgan fingerprint density at radius 2 is 1.37 bits per heavy atom. The second kappa shape index (κ2) is 11.4. The Kier molecular flexibility index (Phi) is 7.24. The molecule has 0 aliphatic carbocycles. The number of fused-ring (bicyclic) bond motifs is 3. The van der Waals surface area contributed by atoms with E-state index < -0.39 is 0 Å². The third-order valence-corrected chi connectivity index (χ3v) is 8.39. The minimum absolute atomic E-state index is 0.751. The van der Waals surface area contributed by atoms with Gasteiger partial charge in [-0.15, -0.1) is 0 Å². The molecule has 0 amide bonds. The molecule has 0 aliphatic rings. The van der Waals surface area contributed by atoms with Crippen molar-refractivity contribution in [2.75, 3.05) is 38.0 Å². The lowest BCUT2D eigenvalue weighted by molar-refractivity contribution is 0.482. The average molecular weight is 607 g/mol. The van der Waals surface area contributed by atoms with Crippen LogP contribution < -0.4 is 14.5 Å². The Hall–Kier alpha value is -5.56. The van der Waals surface area contributed by atoms with E-state index >= 15 is 0 Å². The predicted molar refractivity (Wildman–Crippen MR) is 191 cm³/mol. The van der Waals surface area contributed by atoms with Crippen LogP contribution in [0.25, 0.3) is 44.4 Å². The monoisotopic (exact) mass is 606 g/mol. The highest BCUT2D eigenvalue weighted by molar-refractivity contribution is 6.09. The highest BCUT2D eigenvalue weighted by Crippen LogP contribution is 2.40. The van der Waals surface area contributed by atoms with Gasteiger partial charge in [0, 0.05) is 86.0 Å². The summed E-state index contributed by atoms with van der Waals surface area (Å²) in [7, 11) is 8.34. The molecular formula is C39H38N6O. The van der Waals surface area contributed by atoms with E-state index in [9.17, 15) is 0 Å². The number of nitrogens with zero attached hydrogens (tertiary/aromatic N) is 6. The molecule has 0 N–H and O–H groups in total. The quantitative estimate of drug-likeness (QED) is 0.181. The molecule has 7 rings (SSSR count). The molecule has 0 saturated carbocycles. The maximum Gasteiger partial charge on any atom is 0.137 e. The smallest absolute Gasteiger partial charge is 0.137 e. The summed E-state index contributed by atoms with van der Waals surface area (Å²) >= 11 is 0. The minimum atomic E-state index is 0.751. The first kappa shape index (κ1) is 29.2. The summed E-state index contributed by atoms with van der Waals surface area (Å²) in [6, 6.07) is 29.6. The lowest BCUT2D eigenvalue weighted by Crippen LogP contribution is -2.15. The largest absolute Gasteiger partial charge is 0.457 e. The molecule has 3 heterocycles. The second-order valence-corrected chi connectivity index (χ2v) is 12.5. The Morgan fingerprint density at radius 3 is 2.11 bits per heavy atom. The van der Waals surface area contributed by atoms with Crippen molar-refractivity contribution in [2.45, 2.75) is 20.8 Å². The average Bonchev–Trinajstić information content (AvgIpc) is 3.63. The zero-order valence-electron chi connectivity index (χ0n) is 27.4. The number of anilines is 2. The molecule has 230 valence electrons. The van der Waals surface area contributed by atoms with Gasteiger partial charge in [-0.25, -0.2) is 9.67 Å². The number of ether oxygens (including phenoxy) is 1. The van der Waals surface area contributed by atoms with Gasteiger partial charge in [-0.2, -0.15) is 5.10 Å². The van der Waals surface area contributed by atoms with Crippen LogP contribution in [-0.2, 0) is 0 Å². The third-order valence-electron chi connectivity index (χ3n) is 8.39. The fourth-order valence-corrected chi connectivity index (χ4v) is 6.30. The van der Waals surface area contributed by atoms with Gasteiger partial charge in [-0.1, -0.05) is 18.2 Å². The Balaban J connectivity index is 1.27. The number of aryl methyl sites for hydroxylation is 3. The molecule has 0 atom stereocenters. The molecule has 0 aliphatic heterocycles. The summed E-state index contributed by atoms with van der Waals surface area (Å²) in [5.74, 6) is 2.40. The number of para-hydroxylation sites is 1. The maximum absolute atomic E-state index is 6.56. The molecule has 0 saturated heterocycles. The van der Waals surface area contributed by atoms with E-state index in [1.165, 1.54) is 10.9 Å². The molecule has 0 fully saturated rings. The van der Waals surface area contributed by atoms with Crippen LogP contribution in [0, 0.1) is 20.8 Å². The van der Waals surface area contributed by atoms with E-state index in [-0.39, 0.29) is 0 Å². The van der Waals surface area contributed by atoms with Crippen molar-refractivity contribution in [3.05, 3.63) is 120 Å². The number of benzene rings is 4. The molecule has 7 nitrogen and oxygen atoms in total. The van der Waals surface area contributed by atoms with Crippen molar-refractivity contribution in [1.29, 1.82) is 0 Å². The van der Waals surface area contributed by atoms with Gasteiger partial charge in [-0.3, -0.25) is 4.57 Å². The fraction of sp³-hybridized carbons (Fsp3) is 0.179. The van der Waals surface area contributed by atoms with Crippen LogP contribution in [0.4, 0.5) is 11.4 Å². The van der Waals surface area contributed by atoms with E-state index in [1.807, 2.05) is 35.3 Å². The van der Waals surface area contributed by atoms with Gasteiger partial charge in [0.2, 0.25) is 0 Å². The normalized spacial score (nSPS) is 11.4. The molecule has 3 aromatic heterocycles. The van der Waals surface area contributed by atoms with Gasteiger partial charge >= 0.3 is 0 Å². The fourth-order valence-electron chi connectivity index (χ4n) is 6.30. The maximum atomic E-state index is 6.56. The second-order valence-electron chi connectivity index (χ2n) is 12.5. The van der Waals surface area contributed by atoms with Crippen LogP contribution >= 0.6 is 0 Å². The Labute approximate surface area is 269 Å². The molecule has 0 bridgehead atoms. The highest BCUT2D eigenvalue weighted by Gasteiger charge is 2.18. The number of aromatic nitrogens is 4. The van der Waals surface area contributed by atoms with Crippen LogP contribution in [0.1, 0.15) is 16.7 Å². The molecule has 7 heteroatoms. The summed E-state index contributed by atoms with van der Waals surface area (Å²) in [5.41, 5.74) is 11.1. The first-order chi connectivity index (χ1) is 22.2. The first-order valence-electron chi connectivity index (χ1n) is 15.5. The van der Waals surface area contributed by atoms with Crippen molar-refractivity contribution in [3.8, 4) is 34.1 Å². The topological polar surface area (TPSA) is 51.4 Å². The van der Waals surface area contributed by atoms with Crippen molar-refractivity contribution in [3.63, 3.8) is 0 Å². The molecule has 0 unspecified atom stereocenters.